The van der Waals surface area contributed by atoms with E-state index in [1.54, 1.807) is 7.11 Å². The lowest BCUT2D eigenvalue weighted by molar-refractivity contribution is 0.0977. The van der Waals surface area contributed by atoms with E-state index in [0.29, 0.717) is 10.4 Å². The number of carbonyl (C=O) groups excluding carboxylic acids is 1. The van der Waals surface area contributed by atoms with Gasteiger partial charge in [0, 0.05) is 12.6 Å². The van der Waals surface area contributed by atoms with Crippen LogP contribution in [-0.2, 0) is 12.5 Å². The molecule has 146 valence electrons. The summed E-state index contributed by atoms with van der Waals surface area (Å²) in [5.41, 5.74) is 2.70. The summed E-state index contributed by atoms with van der Waals surface area (Å²) in [4.78, 5) is 17.6. The van der Waals surface area contributed by atoms with Crippen molar-refractivity contribution in [3.05, 3.63) is 58.4 Å². The van der Waals surface area contributed by atoms with Crippen LogP contribution in [0.1, 0.15) is 36.7 Å². The Bertz CT molecular complexity index is 1100. The molecule has 7 heteroatoms. The maximum absolute atomic E-state index is 12.5. The maximum Gasteiger partial charge on any atom is 0.257 e. The molecule has 3 rings (SSSR count). The predicted octanol–water partition coefficient (Wildman–Crippen LogP) is 4.16. The van der Waals surface area contributed by atoms with Gasteiger partial charge in [-0.05, 0) is 47.5 Å². The highest BCUT2D eigenvalue weighted by Gasteiger charge is 2.15. The lowest BCUT2D eigenvalue weighted by Gasteiger charge is -2.18. The lowest BCUT2D eigenvalue weighted by atomic mass is 9.87. The smallest absolute Gasteiger partial charge is 0.257 e. The van der Waals surface area contributed by atoms with Crippen molar-refractivity contribution in [2.75, 3.05) is 7.11 Å². The number of nitrogens with one attached hydrogen (secondary N) is 1. The van der Waals surface area contributed by atoms with Gasteiger partial charge in [0.1, 0.15) is 11.3 Å². The molecule has 0 radical (unpaired) electrons. The van der Waals surface area contributed by atoms with Crippen LogP contribution in [0.15, 0.2) is 47.5 Å². The topological polar surface area (TPSA) is 55.6 Å². The van der Waals surface area contributed by atoms with Gasteiger partial charge in [0.2, 0.25) is 5.11 Å². The summed E-state index contributed by atoms with van der Waals surface area (Å²) in [5.74, 6) is 0.502. The molecule has 0 aliphatic heterocycles. The number of para-hydroxylation sites is 1. The molecular weight excluding hydrogens is 390 g/mol. The van der Waals surface area contributed by atoms with Gasteiger partial charge in [-0.3, -0.25) is 10.1 Å². The minimum atomic E-state index is -0.268. The highest BCUT2D eigenvalue weighted by Crippen LogP contribution is 2.26. The quantitative estimate of drug-likeness (QED) is 0.642. The van der Waals surface area contributed by atoms with Gasteiger partial charge < -0.3 is 9.30 Å². The number of thiazole rings is 1. The van der Waals surface area contributed by atoms with Crippen molar-refractivity contribution < 1.29 is 9.53 Å². The Morgan fingerprint density at radius 1 is 1.18 bits per heavy atom. The van der Waals surface area contributed by atoms with E-state index < -0.39 is 0 Å². The SMILES string of the molecule is COc1cccc2sc(=NC(=S)NC(=O)c3ccc(C(C)(C)C)cc3)n(C)c12. The van der Waals surface area contributed by atoms with Crippen LogP contribution in [0.5, 0.6) is 5.75 Å². The fourth-order valence-corrected chi connectivity index (χ4v) is 4.13. The molecule has 5 nitrogen and oxygen atoms in total. The summed E-state index contributed by atoms with van der Waals surface area (Å²) in [5, 5.41) is 2.82. The molecule has 1 N–H and O–H groups in total. The standard InChI is InChI=1S/C21H23N3O2S2/c1-21(2,3)14-11-9-13(10-12-14)18(25)22-19(27)23-20-24(4)17-15(26-5)7-6-8-16(17)28-20/h6-12H,1-5H3,(H,22,25,27). The van der Waals surface area contributed by atoms with Gasteiger partial charge in [0.25, 0.3) is 5.91 Å². The van der Waals surface area contributed by atoms with Crippen molar-refractivity contribution in [2.24, 2.45) is 12.0 Å². The number of rotatable bonds is 2. The third-order valence-corrected chi connectivity index (χ3v) is 5.73. The number of benzene rings is 2. The minimum Gasteiger partial charge on any atom is -0.495 e. The number of carbonyl (C=O) groups is 1. The number of ether oxygens (including phenoxy) is 1. The number of thiocarbonyl (C=S) groups is 1. The number of fused-ring (bicyclic) bond motifs is 1. The Balaban J connectivity index is 1.83. The molecule has 0 aliphatic carbocycles. The molecule has 1 aromatic heterocycles. The number of hydrogen-bond acceptors (Lipinski definition) is 4. The summed E-state index contributed by atoms with van der Waals surface area (Å²) in [7, 11) is 3.54. The molecule has 0 saturated carbocycles. The van der Waals surface area contributed by atoms with E-state index in [1.165, 1.54) is 16.9 Å². The first-order valence-corrected chi connectivity index (χ1v) is 10.1. The lowest BCUT2D eigenvalue weighted by Crippen LogP contribution is -2.29. The van der Waals surface area contributed by atoms with E-state index in [1.807, 2.05) is 54.1 Å². The third-order valence-electron chi connectivity index (χ3n) is 4.44. The molecule has 0 fully saturated rings. The van der Waals surface area contributed by atoms with Gasteiger partial charge in [0.15, 0.2) is 4.80 Å². The van der Waals surface area contributed by atoms with Crippen molar-refractivity contribution in [2.45, 2.75) is 26.2 Å². The maximum atomic E-state index is 12.5. The summed E-state index contributed by atoms with van der Waals surface area (Å²) in [6.45, 7) is 6.41. The molecule has 1 heterocycles. The van der Waals surface area contributed by atoms with Crippen LogP contribution >= 0.6 is 23.6 Å². The predicted molar refractivity (Wildman–Crippen MR) is 118 cm³/mol. The second-order valence-electron chi connectivity index (χ2n) is 7.45. The number of hydrogen-bond donors (Lipinski definition) is 1. The largest absolute Gasteiger partial charge is 0.495 e. The first kappa shape index (κ1) is 20.2. The fourth-order valence-electron chi connectivity index (χ4n) is 2.85. The van der Waals surface area contributed by atoms with Crippen LogP contribution in [-0.4, -0.2) is 22.7 Å². The Morgan fingerprint density at radius 3 is 2.46 bits per heavy atom. The highest BCUT2D eigenvalue weighted by molar-refractivity contribution is 7.80. The Hall–Kier alpha value is -2.51. The van der Waals surface area contributed by atoms with E-state index in [0.717, 1.165) is 16.0 Å². The molecular formula is C21H23N3O2S2. The summed E-state index contributed by atoms with van der Waals surface area (Å²) >= 11 is 6.77. The second kappa shape index (κ2) is 7.85. The Kier molecular flexibility index (Phi) is 5.67. The Labute approximate surface area is 173 Å². The number of nitrogens with zero attached hydrogens (tertiary/aromatic N) is 2. The molecule has 2 aromatic carbocycles. The van der Waals surface area contributed by atoms with Gasteiger partial charge in [-0.25, -0.2) is 0 Å². The van der Waals surface area contributed by atoms with Crippen molar-refractivity contribution in [1.82, 2.24) is 9.88 Å². The number of aryl methyl sites for hydroxylation is 1. The highest BCUT2D eigenvalue weighted by atomic mass is 32.1. The van der Waals surface area contributed by atoms with Crippen molar-refractivity contribution in [3.63, 3.8) is 0 Å². The molecule has 0 aliphatic rings. The molecule has 28 heavy (non-hydrogen) atoms. The van der Waals surface area contributed by atoms with Crippen LogP contribution in [0.3, 0.4) is 0 Å². The van der Waals surface area contributed by atoms with Crippen LogP contribution in [0.4, 0.5) is 0 Å². The zero-order chi connectivity index (χ0) is 20.5. The van der Waals surface area contributed by atoms with Crippen LogP contribution in [0.25, 0.3) is 10.2 Å². The molecule has 0 spiro atoms. The monoisotopic (exact) mass is 413 g/mol. The molecule has 0 atom stereocenters. The first-order valence-electron chi connectivity index (χ1n) is 8.84. The molecule has 0 unspecified atom stereocenters. The normalized spacial score (nSPS) is 12.2. The molecule has 3 aromatic rings. The van der Waals surface area contributed by atoms with E-state index in [9.17, 15) is 4.79 Å². The summed E-state index contributed by atoms with van der Waals surface area (Å²) in [6, 6.07) is 13.4. The van der Waals surface area contributed by atoms with Crippen LogP contribution in [0.2, 0.25) is 0 Å². The van der Waals surface area contributed by atoms with E-state index in [4.69, 9.17) is 17.0 Å². The fraction of sp³-hybridized carbons (Fsp3) is 0.286. The molecule has 1 amide bonds. The third kappa shape index (κ3) is 4.15. The first-order chi connectivity index (χ1) is 13.2. The van der Waals surface area contributed by atoms with Crippen molar-refractivity contribution >= 4 is 44.8 Å². The summed E-state index contributed by atoms with van der Waals surface area (Å²) in [6.07, 6.45) is 0. The van der Waals surface area contributed by atoms with Gasteiger partial charge in [0.05, 0.1) is 11.8 Å². The minimum absolute atomic E-state index is 0.0383. The molecule has 0 bridgehead atoms. The summed E-state index contributed by atoms with van der Waals surface area (Å²) < 4.78 is 8.37. The second-order valence-corrected chi connectivity index (χ2v) is 8.84. The average Bonchev–Trinajstić information content (AvgIpc) is 2.96. The zero-order valence-electron chi connectivity index (χ0n) is 16.6. The number of amides is 1. The van der Waals surface area contributed by atoms with Gasteiger partial charge >= 0.3 is 0 Å². The van der Waals surface area contributed by atoms with E-state index in [2.05, 4.69) is 31.1 Å². The van der Waals surface area contributed by atoms with Crippen molar-refractivity contribution in [1.29, 1.82) is 0 Å². The van der Waals surface area contributed by atoms with Crippen LogP contribution in [0, 0.1) is 0 Å². The van der Waals surface area contributed by atoms with Gasteiger partial charge in [-0.15, -0.1) is 0 Å². The van der Waals surface area contributed by atoms with E-state index in [-0.39, 0.29) is 16.4 Å². The van der Waals surface area contributed by atoms with Gasteiger partial charge in [-0.2, -0.15) is 4.99 Å². The average molecular weight is 414 g/mol. The zero-order valence-corrected chi connectivity index (χ0v) is 18.2. The molecule has 0 saturated heterocycles. The Morgan fingerprint density at radius 2 is 1.86 bits per heavy atom. The van der Waals surface area contributed by atoms with E-state index >= 15 is 0 Å². The van der Waals surface area contributed by atoms with Crippen molar-refractivity contribution in [3.8, 4) is 5.75 Å². The van der Waals surface area contributed by atoms with Crippen LogP contribution < -0.4 is 14.9 Å². The number of aromatic nitrogens is 1. The number of methoxy groups -OCH3 is 1. The van der Waals surface area contributed by atoms with Gasteiger partial charge in [-0.1, -0.05) is 50.3 Å².